The maximum absolute atomic E-state index is 12.4. The average Bonchev–Trinajstić information content (AvgIpc) is 3.08. The van der Waals surface area contributed by atoms with Gasteiger partial charge >= 0.3 is 0 Å². The summed E-state index contributed by atoms with van der Waals surface area (Å²) in [7, 11) is 0. The van der Waals surface area contributed by atoms with Crippen LogP contribution >= 0.6 is 0 Å². The Labute approximate surface area is 302 Å². The number of aliphatic hydroxyl groups is 2. The fraction of sp³-hybridized carbons (Fsp3) is 0.977. The molecular formula is C44H89NO3. The molecule has 3 unspecified atom stereocenters. The van der Waals surface area contributed by atoms with Crippen LogP contribution in [0.2, 0.25) is 0 Å². The van der Waals surface area contributed by atoms with Gasteiger partial charge in [-0.2, -0.15) is 0 Å². The van der Waals surface area contributed by atoms with Gasteiger partial charge in [0.1, 0.15) is 0 Å². The molecule has 4 nitrogen and oxygen atoms in total. The molecule has 0 aromatic rings. The van der Waals surface area contributed by atoms with Crippen LogP contribution in [0, 0.1) is 0 Å². The molecule has 0 saturated carbocycles. The summed E-state index contributed by atoms with van der Waals surface area (Å²) in [4.78, 5) is 12.4. The van der Waals surface area contributed by atoms with Gasteiger partial charge in [-0.15, -0.1) is 0 Å². The zero-order valence-corrected chi connectivity index (χ0v) is 33.2. The minimum Gasteiger partial charge on any atom is -0.390 e. The predicted octanol–water partition coefficient (Wildman–Crippen LogP) is 13.7. The highest BCUT2D eigenvalue weighted by Crippen LogP contribution is 2.17. The first-order valence-corrected chi connectivity index (χ1v) is 22.2. The van der Waals surface area contributed by atoms with Crippen molar-refractivity contribution in [1.29, 1.82) is 0 Å². The predicted molar refractivity (Wildman–Crippen MR) is 212 cm³/mol. The van der Waals surface area contributed by atoms with Gasteiger partial charge in [0.05, 0.1) is 18.2 Å². The molecule has 3 atom stereocenters. The maximum Gasteiger partial charge on any atom is 0.220 e. The Kier molecular flexibility index (Phi) is 38.7. The van der Waals surface area contributed by atoms with Crippen LogP contribution in [0.15, 0.2) is 0 Å². The lowest BCUT2D eigenvalue weighted by Gasteiger charge is -2.25. The van der Waals surface area contributed by atoms with Crippen LogP contribution in [-0.4, -0.2) is 34.4 Å². The Morgan fingerprint density at radius 1 is 0.417 bits per heavy atom. The molecule has 0 saturated heterocycles. The fourth-order valence-electron chi connectivity index (χ4n) is 7.18. The van der Waals surface area contributed by atoms with E-state index in [1.165, 1.54) is 199 Å². The van der Waals surface area contributed by atoms with Crippen molar-refractivity contribution in [3.05, 3.63) is 0 Å². The van der Waals surface area contributed by atoms with Crippen molar-refractivity contribution < 1.29 is 15.0 Å². The standard InChI is InChI=1S/C44H89NO3/c1-4-6-8-10-12-14-16-18-19-20-21-22-23-24-25-26-27-28-30-32-34-36-38-40-43(47)45-41(3)44(48)42(46)39-37-35-33-31-29-17-15-13-11-9-7-5-2/h41-42,44,46,48H,4-40H2,1-3H3,(H,45,47). The van der Waals surface area contributed by atoms with Crippen LogP contribution < -0.4 is 5.32 Å². The van der Waals surface area contributed by atoms with Gasteiger partial charge in [0.15, 0.2) is 0 Å². The number of rotatable bonds is 40. The van der Waals surface area contributed by atoms with E-state index >= 15 is 0 Å². The lowest BCUT2D eigenvalue weighted by Crippen LogP contribution is -2.46. The van der Waals surface area contributed by atoms with Gasteiger partial charge in [0, 0.05) is 6.42 Å². The fourth-order valence-corrected chi connectivity index (χ4v) is 7.18. The number of amides is 1. The summed E-state index contributed by atoms with van der Waals surface area (Å²) in [6.07, 6.45) is 46.5. The molecule has 0 rings (SSSR count). The van der Waals surface area contributed by atoms with E-state index in [0.717, 1.165) is 25.7 Å². The van der Waals surface area contributed by atoms with Crippen molar-refractivity contribution in [1.82, 2.24) is 5.32 Å². The third-order valence-electron chi connectivity index (χ3n) is 10.7. The second-order valence-corrected chi connectivity index (χ2v) is 15.6. The quantitative estimate of drug-likeness (QED) is 0.0565. The van der Waals surface area contributed by atoms with Crippen molar-refractivity contribution >= 4 is 5.91 Å². The van der Waals surface area contributed by atoms with Crippen molar-refractivity contribution in [3.63, 3.8) is 0 Å². The van der Waals surface area contributed by atoms with E-state index in [0.29, 0.717) is 12.8 Å². The number of unbranched alkanes of at least 4 members (excludes halogenated alkanes) is 33. The van der Waals surface area contributed by atoms with Gasteiger partial charge in [-0.05, 0) is 19.8 Å². The second kappa shape index (κ2) is 39.2. The molecule has 0 heterocycles. The molecule has 0 fully saturated rings. The zero-order chi connectivity index (χ0) is 35.2. The van der Waals surface area contributed by atoms with E-state index in [-0.39, 0.29) is 5.91 Å². The van der Waals surface area contributed by atoms with Gasteiger partial charge in [-0.25, -0.2) is 0 Å². The summed E-state index contributed by atoms with van der Waals surface area (Å²) in [6, 6.07) is -0.408. The van der Waals surface area contributed by atoms with E-state index < -0.39 is 18.2 Å². The smallest absolute Gasteiger partial charge is 0.220 e. The van der Waals surface area contributed by atoms with E-state index in [2.05, 4.69) is 19.2 Å². The molecule has 0 aliphatic carbocycles. The number of aliphatic hydroxyl groups excluding tert-OH is 2. The highest BCUT2D eigenvalue weighted by Gasteiger charge is 2.23. The van der Waals surface area contributed by atoms with E-state index in [1.54, 1.807) is 0 Å². The van der Waals surface area contributed by atoms with E-state index in [4.69, 9.17) is 0 Å². The maximum atomic E-state index is 12.4. The molecule has 0 spiro atoms. The number of hydrogen-bond donors (Lipinski definition) is 3. The van der Waals surface area contributed by atoms with Gasteiger partial charge in [0.25, 0.3) is 0 Å². The van der Waals surface area contributed by atoms with Gasteiger partial charge in [-0.1, -0.05) is 232 Å². The van der Waals surface area contributed by atoms with Crippen LogP contribution in [0.1, 0.15) is 258 Å². The molecule has 0 aliphatic rings. The van der Waals surface area contributed by atoms with Gasteiger partial charge < -0.3 is 15.5 Å². The van der Waals surface area contributed by atoms with Crippen molar-refractivity contribution in [2.24, 2.45) is 0 Å². The second-order valence-electron chi connectivity index (χ2n) is 15.6. The van der Waals surface area contributed by atoms with Crippen LogP contribution in [0.25, 0.3) is 0 Å². The summed E-state index contributed by atoms with van der Waals surface area (Å²) in [5, 5.41) is 23.9. The Bertz CT molecular complexity index is 626. The SMILES string of the molecule is CCCCCCCCCCCCCCCCCCCCCCCCCC(=O)NC(C)C(O)C(O)CCCCCCCCCCCCCC. The minimum absolute atomic E-state index is 0.00242. The monoisotopic (exact) mass is 680 g/mol. The van der Waals surface area contributed by atoms with Crippen molar-refractivity contribution in [3.8, 4) is 0 Å². The minimum atomic E-state index is -0.893. The Hall–Kier alpha value is -0.610. The van der Waals surface area contributed by atoms with Crippen molar-refractivity contribution in [2.75, 3.05) is 0 Å². The lowest BCUT2D eigenvalue weighted by molar-refractivity contribution is -0.123. The number of carbonyl (C=O) groups excluding carboxylic acids is 1. The molecule has 288 valence electrons. The molecule has 4 heteroatoms. The molecule has 48 heavy (non-hydrogen) atoms. The first-order valence-electron chi connectivity index (χ1n) is 22.2. The summed E-state index contributed by atoms with van der Waals surface area (Å²) in [5.74, 6) is 0.00242. The molecule has 0 aromatic carbocycles. The first kappa shape index (κ1) is 47.4. The Balaban J connectivity index is 3.43. The van der Waals surface area contributed by atoms with E-state index in [1.807, 2.05) is 6.92 Å². The Morgan fingerprint density at radius 2 is 0.667 bits per heavy atom. The van der Waals surface area contributed by atoms with Crippen LogP contribution in [-0.2, 0) is 4.79 Å². The molecule has 0 aliphatic heterocycles. The average molecular weight is 680 g/mol. The van der Waals surface area contributed by atoms with Gasteiger partial charge in [-0.3, -0.25) is 4.79 Å². The summed E-state index contributed by atoms with van der Waals surface area (Å²) in [6.45, 7) is 6.37. The number of nitrogens with one attached hydrogen (secondary N) is 1. The third-order valence-corrected chi connectivity index (χ3v) is 10.7. The molecular weight excluding hydrogens is 590 g/mol. The van der Waals surface area contributed by atoms with Crippen molar-refractivity contribution in [2.45, 2.75) is 277 Å². The normalized spacial score (nSPS) is 13.5. The van der Waals surface area contributed by atoms with Crippen LogP contribution in [0.4, 0.5) is 0 Å². The summed E-state index contributed by atoms with van der Waals surface area (Å²) in [5.41, 5.74) is 0. The molecule has 1 amide bonds. The number of hydrogen-bond acceptors (Lipinski definition) is 3. The largest absolute Gasteiger partial charge is 0.390 e. The van der Waals surface area contributed by atoms with Crippen LogP contribution in [0.5, 0.6) is 0 Å². The summed E-state index contributed by atoms with van der Waals surface area (Å²) < 4.78 is 0. The zero-order valence-electron chi connectivity index (χ0n) is 33.2. The molecule has 0 bridgehead atoms. The Morgan fingerprint density at radius 3 is 0.958 bits per heavy atom. The third kappa shape index (κ3) is 35.2. The van der Waals surface area contributed by atoms with Gasteiger partial charge in [0.2, 0.25) is 5.91 Å². The van der Waals surface area contributed by atoms with E-state index in [9.17, 15) is 15.0 Å². The molecule has 0 aromatic heterocycles. The van der Waals surface area contributed by atoms with Crippen LogP contribution in [0.3, 0.4) is 0 Å². The first-order chi connectivity index (χ1) is 23.5. The molecule has 3 N–H and O–H groups in total. The highest BCUT2D eigenvalue weighted by atomic mass is 16.3. The summed E-state index contributed by atoms with van der Waals surface area (Å²) >= 11 is 0. The topological polar surface area (TPSA) is 69.6 Å². The molecule has 0 radical (unpaired) electrons. The number of carbonyl (C=O) groups is 1. The highest BCUT2D eigenvalue weighted by molar-refractivity contribution is 5.76. The lowest BCUT2D eigenvalue weighted by atomic mass is 9.99.